The Labute approximate surface area is 134 Å². The highest BCUT2D eigenvalue weighted by atomic mass is 32.2. The Kier molecular flexibility index (Phi) is 4.65. The Hall–Kier alpha value is -1.51. The summed E-state index contributed by atoms with van der Waals surface area (Å²) >= 11 is 0. The maximum Gasteiger partial charge on any atom is 0.257 e. The van der Waals surface area contributed by atoms with Gasteiger partial charge in [-0.25, -0.2) is 12.8 Å². The van der Waals surface area contributed by atoms with Gasteiger partial charge >= 0.3 is 0 Å². The minimum atomic E-state index is -3.67. The number of rotatable bonds is 3. The fourth-order valence-electron chi connectivity index (χ4n) is 2.84. The van der Waals surface area contributed by atoms with Gasteiger partial charge in [0.15, 0.2) is 0 Å². The van der Waals surface area contributed by atoms with Crippen LogP contribution in [-0.2, 0) is 14.8 Å². The molecule has 0 bridgehead atoms. The smallest absolute Gasteiger partial charge is 0.257 e. The number of sulfonamides is 1. The molecule has 2 heterocycles. The van der Waals surface area contributed by atoms with Crippen LogP contribution in [0.4, 0.5) is 4.39 Å². The Balaban J connectivity index is 1.91. The van der Waals surface area contributed by atoms with Gasteiger partial charge in [-0.05, 0) is 31.0 Å². The first-order valence-electron chi connectivity index (χ1n) is 7.67. The van der Waals surface area contributed by atoms with Crippen LogP contribution in [0.25, 0.3) is 0 Å². The number of amides is 1. The molecule has 6 nitrogen and oxygen atoms in total. The van der Waals surface area contributed by atoms with Crippen molar-refractivity contribution < 1.29 is 22.3 Å². The summed E-state index contributed by atoms with van der Waals surface area (Å²) in [6, 6.07) is 3.43. The van der Waals surface area contributed by atoms with Crippen molar-refractivity contribution in [3.63, 3.8) is 0 Å². The monoisotopic (exact) mass is 342 g/mol. The van der Waals surface area contributed by atoms with Crippen molar-refractivity contribution in [3.05, 3.63) is 29.6 Å². The number of ether oxygens (including phenoxy) is 1. The van der Waals surface area contributed by atoms with Gasteiger partial charge in [-0.15, -0.1) is 0 Å². The van der Waals surface area contributed by atoms with E-state index in [0.29, 0.717) is 39.4 Å². The number of hydrogen-bond donors (Lipinski definition) is 0. The Morgan fingerprint density at radius 3 is 2.39 bits per heavy atom. The van der Waals surface area contributed by atoms with Crippen molar-refractivity contribution in [3.8, 4) is 0 Å². The average molecular weight is 342 g/mol. The number of carbonyl (C=O) groups excluding carboxylic acids is 1. The Morgan fingerprint density at radius 1 is 1.09 bits per heavy atom. The van der Waals surface area contributed by atoms with E-state index >= 15 is 0 Å². The molecule has 23 heavy (non-hydrogen) atoms. The van der Waals surface area contributed by atoms with E-state index in [2.05, 4.69) is 0 Å². The van der Waals surface area contributed by atoms with Gasteiger partial charge in [-0.2, -0.15) is 4.31 Å². The van der Waals surface area contributed by atoms with Crippen LogP contribution in [0.1, 0.15) is 23.2 Å². The van der Waals surface area contributed by atoms with E-state index in [1.54, 1.807) is 0 Å². The molecule has 0 radical (unpaired) electrons. The van der Waals surface area contributed by atoms with Crippen molar-refractivity contribution in [2.75, 3.05) is 39.4 Å². The van der Waals surface area contributed by atoms with E-state index < -0.39 is 21.7 Å². The van der Waals surface area contributed by atoms with Crippen LogP contribution in [0.5, 0.6) is 0 Å². The molecular formula is C15H19FN2O4S. The first-order chi connectivity index (χ1) is 11.0. The lowest BCUT2D eigenvalue weighted by molar-refractivity contribution is 0.0299. The summed E-state index contributed by atoms with van der Waals surface area (Å²) in [5.74, 6) is -1.20. The van der Waals surface area contributed by atoms with Crippen molar-refractivity contribution >= 4 is 15.9 Å². The summed E-state index contributed by atoms with van der Waals surface area (Å²) in [7, 11) is -3.67. The number of benzene rings is 1. The molecule has 1 aromatic rings. The maximum absolute atomic E-state index is 14.1. The topological polar surface area (TPSA) is 66.9 Å². The van der Waals surface area contributed by atoms with Gasteiger partial charge < -0.3 is 9.64 Å². The third-order valence-corrected chi connectivity index (χ3v) is 6.06. The molecule has 1 amide bonds. The lowest BCUT2D eigenvalue weighted by Crippen LogP contribution is -2.41. The minimum absolute atomic E-state index is 0.0302. The highest BCUT2D eigenvalue weighted by Gasteiger charge is 2.29. The van der Waals surface area contributed by atoms with E-state index in [-0.39, 0.29) is 10.5 Å². The van der Waals surface area contributed by atoms with Gasteiger partial charge in [0.1, 0.15) is 5.82 Å². The first kappa shape index (κ1) is 16.4. The number of hydrogen-bond acceptors (Lipinski definition) is 4. The molecule has 2 saturated heterocycles. The number of morpholine rings is 1. The number of halogens is 1. The molecule has 0 aliphatic carbocycles. The molecule has 0 spiro atoms. The summed E-state index contributed by atoms with van der Waals surface area (Å²) < 4.78 is 45.7. The molecule has 2 aliphatic heterocycles. The van der Waals surface area contributed by atoms with Gasteiger partial charge in [0.25, 0.3) is 5.91 Å². The molecule has 126 valence electrons. The minimum Gasteiger partial charge on any atom is -0.378 e. The van der Waals surface area contributed by atoms with Crippen molar-refractivity contribution in [1.82, 2.24) is 9.21 Å². The zero-order valence-corrected chi connectivity index (χ0v) is 13.5. The SMILES string of the molecule is O=C(c1cc(S(=O)(=O)N2CCCC2)ccc1F)N1CCOCC1. The second-order valence-corrected chi connectivity index (χ2v) is 7.60. The zero-order chi connectivity index (χ0) is 16.4. The normalized spacial score (nSPS) is 20.0. The highest BCUT2D eigenvalue weighted by molar-refractivity contribution is 7.89. The molecule has 2 fully saturated rings. The Morgan fingerprint density at radius 2 is 1.74 bits per heavy atom. The molecule has 0 atom stereocenters. The standard InChI is InChI=1S/C15H19FN2O4S/c16-14-4-3-12(23(20,21)18-5-1-2-6-18)11-13(14)15(19)17-7-9-22-10-8-17/h3-4,11H,1-2,5-10H2. The molecule has 3 rings (SSSR count). The van der Waals surface area contributed by atoms with Crippen LogP contribution >= 0.6 is 0 Å². The summed E-state index contributed by atoms with van der Waals surface area (Å²) in [6.45, 7) is 2.49. The van der Waals surface area contributed by atoms with Crippen LogP contribution < -0.4 is 0 Å². The molecule has 0 saturated carbocycles. The highest BCUT2D eigenvalue weighted by Crippen LogP contribution is 2.23. The third kappa shape index (κ3) is 3.24. The van der Waals surface area contributed by atoms with Gasteiger partial charge in [-0.1, -0.05) is 0 Å². The molecule has 1 aromatic carbocycles. The average Bonchev–Trinajstić information content (AvgIpc) is 3.10. The largest absolute Gasteiger partial charge is 0.378 e. The Bertz CT molecular complexity index is 695. The predicted molar refractivity (Wildman–Crippen MR) is 81.1 cm³/mol. The van der Waals surface area contributed by atoms with E-state index in [9.17, 15) is 17.6 Å². The van der Waals surface area contributed by atoms with Crippen molar-refractivity contribution in [1.29, 1.82) is 0 Å². The quantitative estimate of drug-likeness (QED) is 0.824. The summed E-state index contributed by atoms with van der Waals surface area (Å²) in [5, 5.41) is 0. The van der Waals surface area contributed by atoms with Gasteiger partial charge in [0.05, 0.1) is 23.7 Å². The lowest BCUT2D eigenvalue weighted by atomic mass is 10.2. The first-order valence-corrected chi connectivity index (χ1v) is 9.11. The molecule has 0 aromatic heterocycles. The van der Waals surface area contributed by atoms with Crippen LogP contribution in [-0.4, -0.2) is 62.9 Å². The van der Waals surface area contributed by atoms with Crippen LogP contribution in [0.15, 0.2) is 23.1 Å². The molecule has 2 aliphatic rings. The van der Waals surface area contributed by atoms with E-state index in [4.69, 9.17) is 4.74 Å². The molecular weight excluding hydrogens is 323 g/mol. The summed E-state index contributed by atoms with van der Waals surface area (Å²) in [6.07, 6.45) is 1.64. The second-order valence-electron chi connectivity index (χ2n) is 5.66. The van der Waals surface area contributed by atoms with Crippen LogP contribution in [0.3, 0.4) is 0 Å². The van der Waals surface area contributed by atoms with E-state index in [1.807, 2.05) is 0 Å². The summed E-state index contributed by atoms with van der Waals surface area (Å²) in [4.78, 5) is 13.9. The molecule has 0 N–H and O–H groups in total. The zero-order valence-electron chi connectivity index (χ0n) is 12.7. The van der Waals surface area contributed by atoms with Crippen LogP contribution in [0, 0.1) is 5.82 Å². The van der Waals surface area contributed by atoms with Crippen LogP contribution in [0.2, 0.25) is 0 Å². The van der Waals surface area contributed by atoms with Gasteiger partial charge in [0, 0.05) is 26.2 Å². The van der Waals surface area contributed by atoms with Gasteiger partial charge in [0.2, 0.25) is 10.0 Å². The predicted octanol–water partition coefficient (Wildman–Crippen LogP) is 1.08. The molecule has 0 unspecified atom stereocenters. The fraction of sp³-hybridized carbons (Fsp3) is 0.533. The third-order valence-electron chi connectivity index (χ3n) is 4.17. The number of carbonyl (C=O) groups is 1. The van der Waals surface area contributed by atoms with Crippen molar-refractivity contribution in [2.45, 2.75) is 17.7 Å². The lowest BCUT2D eigenvalue weighted by Gasteiger charge is -2.27. The van der Waals surface area contributed by atoms with E-state index in [0.717, 1.165) is 25.0 Å². The fourth-order valence-corrected chi connectivity index (χ4v) is 4.39. The van der Waals surface area contributed by atoms with Crippen molar-refractivity contribution in [2.24, 2.45) is 0 Å². The second kappa shape index (κ2) is 6.54. The maximum atomic E-state index is 14.1. The number of nitrogens with zero attached hydrogens (tertiary/aromatic N) is 2. The van der Waals surface area contributed by atoms with Gasteiger partial charge in [-0.3, -0.25) is 4.79 Å². The van der Waals surface area contributed by atoms with E-state index in [1.165, 1.54) is 15.3 Å². The summed E-state index contributed by atoms with van der Waals surface area (Å²) in [5.41, 5.74) is -0.202. The molecule has 8 heteroatoms.